The van der Waals surface area contributed by atoms with E-state index in [4.69, 9.17) is 28.6 Å². The van der Waals surface area contributed by atoms with Crippen LogP contribution in [0.1, 0.15) is 44.6 Å². The zero-order chi connectivity index (χ0) is 21.7. The first-order valence-corrected chi connectivity index (χ1v) is 12.0. The van der Waals surface area contributed by atoms with Crippen LogP contribution in [0.15, 0.2) is 42.6 Å². The predicted octanol–water partition coefficient (Wildman–Crippen LogP) is 5.15. The number of anilines is 2. The predicted molar refractivity (Wildman–Crippen MR) is 132 cm³/mol. The maximum Gasteiger partial charge on any atom is 0.170 e. The van der Waals surface area contributed by atoms with Crippen LogP contribution in [-0.2, 0) is 10.2 Å². The van der Waals surface area contributed by atoms with Crippen molar-refractivity contribution in [1.82, 2.24) is 10.3 Å². The van der Waals surface area contributed by atoms with Gasteiger partial charge in [-0.3, -0.25) is 0 Å². The molecule has 7 heteroatoms. The standard InChI is InChI=1S/C24H31ClN4OS/c1-18-4-2-3-13-29(18)22-10-9-21(16-26-22)28-23(31)27-17-24(11-14-30-15-12-24)19-5-7-20(25)8-6-19/h5-10,16,18H,2-4,11-15,17H2,1H3,(H2,27,28,31)/t18-/m0/s1. The second-order valence-corrected chi connectivity index (χ2v) is 9.50. The van der Waals surface area contributed by atoms with Crippen LogP contribution in [0.3, 0.4) is 0 Å². The van der Waals surface area contributed by atoms with Crippen molar-refractivity contribution in [2.24, 2.45) is 0 Å². The van der Waals surface area contributed by atoms with Crippen molar-refractivity contribution in [3.8, 4) is 0 Å². The number of nitrogens with one attached hydrogen (secondary N) is 2. The molecular weight excluding hydrogens is 428 g/mol. The van der Waals surface area contributed by atoms with Crippen LogP contribution in [0.2, 0.25) is 5.02 Å². The second kappa shape index (κ2) is 10.2. The topological polar surface area (TPSA) is 49.4 Å². The van der Waals surface area contributed by atoms with E-state index in [0.717, 1.165) is 55.7 Å². The van der Waals surface area contributed by atoms with E-state index in [1.54, 1.807) is 0 Å². The van der Waals surface area contributed by atoms with E-state index in [1.165, 1.54) is 24.8 Å². The summed E-state index contributed by atoms with van der Waals surface area (Å²) >= 11 is 11.7. The van der Waals surface area contributed by atoms with Gasteiger partial charge in [-0.2, -0.15) is 0 Å². The summed E-state index contributed by atoms with van der Waals surface area (Å²) in [6.07, 6.45) is 7.55. The maximum absolute atomic E-state index is 6.10. The molecule has 2 aliphatic heterocycles. The molecule has 3 heterocycles. The van der Waals surface area contributed by atoms with Gasteiger partial charge in [-0.05, 0) is 81.1 Å². The molecule has 0 spiro atoms. The van der Waals surface area contributed by atoms with Crippen LogP contribution in [0.5, 0.6) is 0 Å². The highest BCUT2D eigenvalue weighted by Gasteiger charge is 2.34. The van der Waals surface area contributed by atoms with Crippen molar-refractivity contribution in [3.05, 3.63) is 53.2 Å². The number of hydrogen-bond donors (Lipinski definition) is 2. The van der Waals surface area contributed by atoms with Gasteiger partial charge in [0.2, 0.25) is 0 Å². The molecule has 2 aromatic rings. The number of thiocarbonyl (C=S) groups is 1. The van der Waals surface area contributed by atoms with E-state index in [2.05, 4.69) is 51.7 Å². The lowest BCUT2D eigenvalue weighted by Crippen LogP contribution is -2.45. The first-order chi connectivity index (χ1) is 15.1. The van der Waals surface area contributed by atoms with Crippen molar-refractivity contribution in [1.29, 1.82) is 0 Å². The van der Waals surface area contributed by atoms with E-state index in [1.807, 2.05) is 18.3 Å². The van der Waals surface area contributed by atoms with Gasteiger partial charge in [0.1, 0.15) is 5.82 Å². The minimum Gasteiger partial charge on any atom is -0.381 e. The summed E-state index contributed by atoms with van der Waals surface area (Å²) < 4.78 is 5.63. The van der Waals surface area contributed by atoms with Gasteiger partial charge in [0.15, 0.2) is 5.11 Å². The highest BCUT2D eigenvalue weighted by Crippen LogP contribution is 2.35. The molecule has 1 atom stereocenters. The fraction of sp³-hybridized carbons (Fsp3) is 0.500. The third kappa shape index (κ3) is 5.48. The number of halogens is 1. The molecule has 2 fully saturated rings. The van der Waals surface area contributed by atoms with Crippen molar-refractivity contribution in [2.75, 3.05) is 36.5 Å². The Morgan fingerprint density at radius 3 is 2.65 bits per heavy atom. The molecule has 31 heavy (non-hydrogen) atoms. The number of ether oxygens (including phenoxy) is 1. The van der Waals surface area contributed by atoms with Gasteiger partial charge >= 0.3 is 0 Å². The molecular formula is C24H31ClN4OS. The number of pyridine rings is 1. The maximum atomic E-state index is 6.10. The number of hydrogen-bond acceptors (Lipinski definition) is 4. The molecule has 0 saturated carbocycles. The summed E-state index contributed by atoms with van der Waals surface area (Å²) in [6, 6.07) is 12.8. The van der Waals surface area contributed by atoms with Crippen LogP contribution < -0.4 is 15.5 Å². The van der Waals surface area contributed by atoms with Crippen LogP contribution >= 0.6 is 23.8 Å². The van der Waals surface area contributed by atoms with E-state index >= 15 is 0 Å². The monoisotopic (exact) mass is 458 g/mol. The summed E-state index contributed by atoms with van der Waals surface area (Å²) in [6.45, 7) is 5.62. The number of nitrogens with zero attached hydrogens (tertiary/aromatic N) is 2. The van der Waals surface area contributed by atoms with E-state index in [-0.39, 0.29) is 5.41 Å². The zero-order valence-electron chi connectivity index (χ0n) is 18.1. The first kappa shape index (κ1) is 22.3. The Kier molecular flexibility index (Phi) is 7.31. The van der Waals surface area contributed by atoms with Gasteiger partial charge in [-0.25, -0.2) is 4.98 Å². The SMILES string of the molecule is C[C@H]1CCCCN1c1ccc(NC(=S)NCC2(c3ccc(Cl)cc3)CCOCC2)cn1. The highest BCUT2D eigenvalue weighted by atomic mass is 35.5. The molecule has 0 unspecified atom stereocenters. The minimum absolute atomic E-state index is 0.0128. The molecule has 4 rings (SSSR count). The Bertz CT molecular complexity index is 868. The number of benzene rings is 1. The molecule has 5 nitrogen and oxygen atoms in total. The number of piperidine rings is 1. The Morgan fingerprint density at radius 1 is 1.19 bits per heavy atom. The van der Waals surface area contributed by atoms with Crippen LogP contribution in [0, 0.1) is 0 Å². The Labute approximate surface area is 195 Å². The molecule has 0 aliphatic carbocycles. The average Bonchev–Trinajstić information content (AvgIpc) is 2.80. The smallest absolute Gasteiger partial charge is 0.170 e. The summed E-state index contributed by atoms with van der Waals surface area (Å²) in [5, 5.41) is 8.09. The van der Waals surface area contributed by atoms with E-state index in [9.17, 15) is 0 Å². The van der Waals surface area contributed by atoms with Crippen molar-refractivity contribution in [2.45, 2.75) is 50.5 Å². The first-order valence-electron chi connectivity index (χ1n) is 11.2. The molecule has 166 valence electrons. The summed E-state index contributed by atoms with van der Waals surface area (Å²) in [5.41, 5.74) is 2.16. The normalized spacial score (nSPS) is 20.8. The molecule has 2 saturated heterocycles. The Morgan fingerprint density at radius 2 is 1.97 bits per heavy atom. The van der Waals surface area contributed by atoms with Crippen LogP contribution in [0.4, 0.5) is 11.5 Å². The molecule has 1 aromatic heterocycles. The van der Waals surface area contributed by atoms with Gasteiger partial charge in [0.25, 0.3) is 0 Å². The number of aromatic nitrogens is 1. The Balaban J connectivity index is 1.37. The van der Waals surface area contributed by atoms with Gasteiger partial charge < -0.3 is 20.3 Å². The highest BCUT2D eigenvalue weighted by molar-refractivity contribution is 7.80. The molecule has 2 N–H and O–H groups in total. The zero-order valence-corrected chi connectivity index (χ0v) is 19.6. The van der Waals surface area contributed by atoms with E-state index in [0.29, 0.717) is 11.2 Å². The lowest BCUT2D eigenvalue weighted by atomic mass is 9.74. The average molecular weight is 459 g/mol. The summed E-state index contributed by atoms with van der Waals surface area (Å²) in [4.78, 5) is 7.07. The van der Waals surface area contributed by atoms with Gasteiger partial charge in [0.05, 0.1) is 11.9 Å². The quantitative estimate of drug-likeness (QED) is 0.604. The summed E-state index contributed by atoms with van der Waals surface area (Å²) in [7, 11) is 0. The lowest BCUT2D eigenvalue weighted by Gasteiger charge is -2.38. The summed E-state index contributed by atoms with van der Waals surface area (Å²) in [5.74, 6) is 1.04. The fourth-order valence-corrected chi connectivity index (χ4v) is 4.94. The van der Waals surface area contributed by atoms with Gasteiger partial charge in [0, 0.05) is 42.8 Å². The van der Waals surface area contributed by atoms with Gasteiger partial charge in [-0.1, -0.05) is 23.7 Å². The molecule has 0 radical (unpaired) electrons. The molecule has 0 bridgehead atoms. The second-order valence-electron chi connectivity index (χ2n) is 8.65. The number of rotatable bonds is 5. The van der Waals surface area contributed by atoms with Crippen molar-refractivity contribution < 1.29 is 4.74 Å². The van der Waals surface area contributed by atoms with Gasteiger partial charge in [-0.15, -0.1) is 0 Å². The van der Waals surface area contributed by atoms with E-state index < -0.39 is 0 Å². The Hall–Kier alpha value is -1.89. The van der Waals surface area contributed by atoms with Crippen LogP contribution in [0.25, 0.3) is 0 Å². The third-order valence-electron chi connectivity index (χ3n) is 6.60. The minimum atomic E-state index is -0.0128. The molecule has 1 aromatic carbocycles. The lowest BCUT2D eigenvalue weighted by molar-refractivity contribution is 0.0515. The molecule has 0 amide bonds. The largest absolute Gasteiger partial charge is 0.381 e. The molecule has 2 aliphatic rings. The third-order valence-corrected chi connectivity index (χ3v) is 7.10. The van der Waals surface area contributed by atoms with Crippen molar-refractivity contribution >= 4 is 40.4 Å². The fourth-order valence-electron chi connectivity index (χ4n) is 4.63. The van der Waals surface area contributed by atoms with Crippen molar-refractivity contribution in [3.63, 3.8) is 0 Å². The van der Waals surface area contributed by atoms with Crippen LogP contribution in [-0.4, -0.2) is 42.4 Å².